The SMILES string of the molecule is C1COCCN1.CCCCN.COc1ccc(CN)cc1.NC1CCCCC1.NCCc1ccccc1.NCc1cccnc1.Nc1nccs1.c1ccc(N2CCNCC2)cc1. The van der Waals surface area contributed by atoms with Crippen LogP contribution in [0.2, 0.25) is 0 Å². The van der Waals surface area contributed by atoms with Gasteiger partial charge in [0.2, 0.25) is 0 Å². The number of hydrogen-bond donors (Lipinski definition) is 8. The van der Waals surface area contributed by atoms with Gasteiger partial charge in [0.15, 0.2) is 5.13 Å². The zero-order chi connectivity index (χ0) is 45.9. The summed E-state index contributed by atoms with van der Waals surface area (Å²) in [7, 11) is 1.65. The Morgan fingerprint density at radius 2 is 1.32 bits per heavy atom. The van der Waals surface area contributed by atoms with E-state index in [0.29, 0.717) is 24.3 Å². The molecular formula is C49H81N11O2S. The molecular weight excluding hydrogens is 807 g/mol. The molecule has 0 atom stereocenters. The molecule has 0 spiro atoms. The number of anilines is 2. The summed E-state index contributed by atoms with van der Waals surface area (Å²) in [5.41, 5.74) is 36.9. The van der Waals surface area contributed by atoms with Gasteiger partial charge in [0, 0.05) is 88.1 Å². The van der Waals surface area contributed by atoms with Crippen molar-refractivity contribution in [3.63, 3.8) is 0 Å². The van der Waals surface area contributed by atoms with Crippen molar-refractivity contribution in [1.82, 2.24) is 20.6 Å². The van der Waals surface area contributed by atoms with Crippen molar-refractivity contribution in [3.05, 3.63) is 138 Å². The van der Waals surface area contributed by atoms with Gasteiger partial charge in [-0.05, 0) is 85.8 Å². The van der Waals surface area contributed by atoms with E-state index in [0.717, 1.165) is 88.9 Å². The van der Waals surface area contributed by atoms with Crippen LogP contribution < -0.4 is 54.7 Å². The van der Waals surface area contributed by atoms with Crippen molar-refractivity contribution in [2.45, 2.75) is 77.4 Å². The summed E-state index contributed by atoms with van der Waals surface area (Å²) in [5, 5.41) is 8.98. The molecule has 2 aromatic heterocycles. The number of nitrogens with two attached hydrogens (primary N) is 6. The van der Waals surface area contributed by atoms with Crippen LogP contribution in [0, 0.1) is 0 Å². The van der Waals surface area contributed by atoms with Crippen LogP contribution in [0.5, 0.6) is 5.75 Å². The Labute approximate surface area is 383 Å². The van der Waals surface area contributed by atoms with Gasteiger partial charge in [-0.15, -0.1) is 11.3 Å². The number of ether oxygens (including phenoxy) is 2. The van der Waals surface area contributed by atoms with E-state index < -0.39 is 0 Å². The second kappa shape index (κ2) is 41.5. The Morgan fingerprint density at radius 1 is 0.714 bits per heavy atom. The monoisotopic (exact) mass is 888 g/mol. The summed E-state index contributed by atoms with van der Waals surface area (Å²) < 4.78 is 9.98. The Kier molecular flexibility index (Phi) is 37.3. The molecule has 8 rings (SSSR count). The molecule has 14 heteroatoms. The molecule has 350 valence electrons. The van der Waals surface area contributed by atoms with Crippen LogP contribution in [-0.2, 0) is 24.2 Å². The summed E-state index contributed by atoms with van der Waals surface area (Å²) >= 11 is 1.44. The number of nitrogen functional groups attached to an aromatic ring is 1. The van der Waals surface area contributed by atoms with Crippen molar-refractivity contribution < 1.29 is 9.47 Å². The zero-order valence-electron chi connectivity index (χ0n) is 38.3. The molecule has 3 fully saturated rings. The number of para-hydroxylation sites is 1. The lowest BCUT2D eigenvalue weighted by molar-refractivity contribution is 0.109. The minimum Gasteiger partial charge on any atom is -0.497 e. The van der Waals surface area contributed by atoms with E-state index in [4.69, 9.17) is 43.9 Å². The summed E-state index contributed by atoms with van der Waals surface area (Å²) in [4.78, 5) is 10.0. The molecule has 0 unspecified atom stereocenters. The minimum absolute atomic E-state index is 0.536. The topological polar surface area (TPSA) is 228 Å². The minimum atomic E-state index is 0.536. The number of nitrogens with zero attached hydrogens (tertiary/aromatic N) is 3. The summed E-state index contributed by atoms with van der Waals surface area (Å²) in [6.07, 6.45) is 15.2. The van der Waals surface area contributed by atoms with E-state index in [1.165, 1.54) is 67.5 Å². The smallest absolute Gasteiger partial charge is 0.179 e. The lowest BCUT2D eigenvalue weighted by atomic mass is 9.97. The maximum absolute atomic E-state index is 5.63. The third-order valence-electron chi connectivity index (χ3n) is 9.37. The van der Waals surface area contributed by atoms with E-state index in [2.05, 4.69) is 74.9 Å². The molecule has 0 bridgehead atoms. The first kappa shape index (κ1) is 56.5. The van der Waals surface area contributed by atoms with Crippen molar-refractivity contribution in [2.75, 3.05) is 83.3 Å². The second-order valence-electron chi connectivity index (χ2n) is 14.5. The fraction of sp³-hybridized carbons (Fsp3) is 0.469. The van der Waals surface area contributed by atoms with Crippen molar-refractivity contribution in [1.29, 1.82) is 0 Å². The number of pyridine rings is 1. The zero-order valence-corrected chi connectivity index (χ0v) is 39.1. The molecule has 1 aliphatic carbocycles. The number of morpholine rings is 1. The quantitative estimate of drug-likeness (QED) is 0.0853. The second-order valence-corrected chi connectivity index (χ2v) is 15.4. The van der Waals surface area contributed by atoms with Gasteiger partial charge in [-0.2, -0.15) is 0 Å². The first-order chi connectivity index (χ1) is 30.9. The van der Waals surface area contributed by atoms with Crippen LogP contribution >= 0.6 is 11.3 Å². The Morgan fingerprint density at radius 3 is 1.68 bits per heavy atom. The van der Waals surface area contributed by atoms with Gasteiger partial charge >= 0.3 is 0 Å². The lowest BCUT2D eigenvalue weighted by Crippen LogP contribution is -2.43. The number of rotatable bonds is 8. The first-order valence-corrected chi connectivity index (χ1v) is 23.3. The highest BCUT2D eigenvalue weighted by Gasteiger charge is 2.08. The number of thiazole rings is 1. The predicted octanol–water partition coefficient (Wildman–Crippen LogP) is 6.33. The highest BCUT2D eigenvalue weighted by atomic mass is 32.1. The molecule has 3 aromatic carbocycles. The number of unbranched alkanes of at least 4 members (excludes halogenated alkanes) is 1. The van der Waals surface area contributed by atoms with Crippen LogP contribution in [0.4, 0.5) is 10.8 Å². The van der Waals surface area contributed by atoms with Crippen LogP contribution in [0.15, 0.2) is 121 Å². The Bertz CT molecular complexity index is 1590. The van der Waals surface area contributed by atoms with Crippen LogP contribution in [0.25, 0.3) is 0 Å². The molecule has 14 N–H and O–H groups in total. The largest absolute Gasteiger partial charge is 0.497 e. The highest BCUT2D eigenvalue weighted by Crippen LogP contribution is 2.15. The Hall–Kier alpha value is -4.48. The van der Waals surface area contributed by atoms with E-state index in [9.17, 15) is 0 Å². The van der Waals surface area contributed by atoms with Crippen LogP contribution in [0.3, 0.4) is 0 Å². The van der Waals surface area contributed by atoms with E-state index in [1.54, 1.807) is 25.7 Å². The Balaban J connectivity index is 0.000000365. The third kappa shape index (κ3) is 32.8. The summed E-state index contributed by atoms with van der Waals surface area (Å²) in [6, 6.07) is 32.9. The van der Waals surface area contributed by atoms with Gasteiger partial charge in [0.1, 0.15) is 5.75 Å². The number of nitrogens with one attached hydrogen (secondary N) is 2. The predicted molar refractivity (Wildman–Crippen MR) is 269 cm³/mol. The molecule has 0 amide bonds. The van der Waals surface area contributed by atoms with Crippen LogP contribution in [0.1, 0.15) is 68.6 Å². The number of hydrogen-bond acceptors (Lipinski definition) is 14. The maximum Gasteiger partial charge on any atom is 0.179 e. The van der Waals surface area contributed by atoms with Gasteiger partial charge in [0.05, 0.1) is 20.3 Å². The molecule has 2 saturated heterocycles. The number of benzene rings is 3. The van der Waals surface area contributed by atoms with E-state index >= 15 is 0 Å². The number of piperazine rings is 1. The summed E-state index contributed by atoms with van der Waals surface area (Å²) in [5.74, 6) is 0.872. The van der Waals surface area contributed by atoms with E-state index in [-0.39, 0.29) is 0 Å². The lowest BCUT2D eigenvalue weighted by Gasteiger charge is -2.29. The molecule has 3 aliphatic rings. The van der Waals surface area contributed by atoms with Gasteiger partial charge in [0.25, 0.3) is 0 Å². The van der Waals surface area contributed by atoms with Gasteiger partial charge in [-0.3, -0.25) is 4.98 Å². The van der Waals surface area contributed by atoms with Gasteiger partial charge < -0.3 is 59.4 Å². The van der Waals surface area contributed by atoms with E-state index in [1.807, 2.05) is 60.0 Å². The molecule has 63 heavy (non-hydrogen) atoms. The average molecular weight is 888 g/mol. The molecule has 13 nitrogen and oxygen atoms in total. The average Bonchev–Trinajstić information content (AvgIpc) is 3.86. The van der Waals surface area contributed by atoms with Gasteiger partial charge in [-0.25, -0.2) is 4.98 Å². The molecule has 2 aliphatic heterocycles. The van der Waals surface area contributed by atoms with Crippen molar-refractivity contribution in [3.8, 4) is 5.75 Å². The molecule has 4 heterocycles. The fourth-order valence-corrected chi connectivity index (χ4v) is 6.13. The van der Waals surface area contributed by atoms with Crippen LogP contribution in [-0.4, -0.2) is 88.7 Å². The standard InChI is InChI=1S/C10H14N2.C8H11NO.C8H11N.C6H8N2.C6H13N.C4H9NO.C4H11N.C3H4N2S/c1-2-4-10(5-3-1)12-8-6-11-7-9-12;1-10-8-4-2-7(6-9)3-5-8;9-7-6-8-4-2-1-3-5-8;7-4-6-2-1-3-8-5-6;7-6-4-2-1-3-5-6;1-3-6-4-2-5-1;1-2-3-4-5;4-3-5-1-2-6-3/h1-5,11H,6-9H2;2-5H,6,9H2,1H3;1-5H,6-7,9H2;1-3,5H,4,7H2;6H,1-5,7H2;5H,1-4H2;2-5H2,1H3;1-2H,(H2,4,5). The third-order valence-corrected chi connectivity index (χ3v) is 9.98. The molecule has 5 aromatic rings. The fourth-order valence-electron chi connectivity index (χ4n) is 5.74. The first-order valence-electron chi connectivity index (χ1n) is 22.5. The number of methoxy groups -OCH3 is 1. The highest BCUT2D eigenvalue weighted by molar-refractivity contribution is 7.13. The normalized spacial score (nSPS) is 14.0. The number of aromatic nitrogens is 2. The van der Waals surface area contributed by atoms with Crippen molar-refractivity contribution in [2.24, 2.45) is 28.7 Å². The van der Waals surface area contributed by atoms with Gasteiger partial charge in [-0.1, -0.05) is 99.3 Å². The van der Waals surface area contributed by atoms with Crippen molar-refractivity contribution >= 4 is 22.2 Å². The summed E-state index contributed by atoms with van der Waals surface area (Å²) in [6.45, 7) is 13.2. The maximum atomic E-state index is 5.63. The molecule has 1 saturated carbocycles. The molecule has 0 radical (unpaired) electrons.